The molecule has 0 aliphatic heterocycles. The average Bonchev–Trinajstić information content (AvgIpc) is 3.46. The lowest BCUT2D eigenvalue weighted by Gasteiger charge is -2.16. The summed E-state index contributed by atoms with van der Waals surface area (Å²) in [5.74, 6) is 1.89. The summed E-state index contributed by atoms with van der Waals surface area (Å²) >= 11 is 0. The Labute approximate surface area is 406 Å². The highest BCUT2D eigenvalue weighted by Crippen LogP contribution is 2.40. The molecule has 6 heteroatoms. The molecule has 0 saturated carbocycles. The van der Waals surface area contributed by atoms with Crippen molar-refractivity contribution in [2.45, 2.75) is 0 Å². The zero-order chi connectivity index (χ0) is 46.6. The molecule has 328 valence electrons. The van der Waals surface area contributed by atoms with Crippen LogP contribution in [0.5, 0.6) is 0 Å². The van der Waals surface area contributed by atoms with Crippen LogP contribution in [-0.4, -0.2) is 29.9 Å². The molecule has 0 bridgehead atoms. The second-order valence-corrected chi connectivity index (χ2v) is 17.1. The van der Waals surface area contributed by atoms with Gasteiger partial charge in [-0.25, -0.2) is 29.9 Å². The van der Waals surface area contributed by atoms with Gasteiger partial charge in [0.25, 0.3) is 0 Å². The van der Waals surface area contributed by atoms with E-state index in [-0.39, 0.29) is 0 Å². The summed E-state index contributed by atoms with van der Waals surface area (Å²) in [6.45, 7) is 0. The molecular formula is C64H42N6. The zero-order valence-corrected chi connectivity index (χ0v) is 37.9. The van der Waals surface area contributed by atoms with Crippen molar-refractivity contribution in [2.24, 2.45) is 0 Å². The Morgan fingerprint density at radius 3 is 0.886 bits per heavy atom. The maximum atomic E-state index is 5.46. The second-order valence-electron chi connectivity index (χ2n) is 17.1. The van der Waals surface area contributed by atoms with E-state index in [4.69, 9.17) is 29.9 Å². The normalized spacial score (nSPS) is 11.1. The second kappa shape index (κ2) is 18.6. The molecule has 3 aromatic heterocycles. The summed E-state index contributed by atoms with van der Waals surface area (Å²) in [4.78, 5) is 31.3. The van der Waals surface area contributed by atoms with E-state index in [9.17, 15) is 0 Å². The molecule has 0 radical (unpaired) electrons. The molecule has 0 aliphatic carbocycles. The van der Waals surface area contributed by atoms with Gasteiger partial charge in [0.1, 0.15) is 0 Å². The van der Waals surface area contributed by atoms with Crippen LogP contribution in [0.1, 0.15) is 0 Å². The Balaban J connectivity index is 1.01. The van der Waals surface area contributed by atoms with Crippen molar-refractivity contribution in [2.75, 3.05) is 0 Å². The van der Waals surface area contributed by atoms with Gasteiger partial charge < -0.3 is 0 Å². The van der Waals surface area contributed by atoms with Crippen molar-refractivity contribution in [1.29, 1.82) is 0 Å². The highest BCUT2D eigenvalue weighted by molar-refractivity contribution is 6.04. The fourth-order valence-electron chi connectivity index (χ4n) is 8.94. The third-order valence-corrected chi connectivity index (χ3v) is 12.5. The number of benzene rings is 9. The van der Waals surface area contributed by atoms with Gasteiger partial charge >= 0.3 is 0 Å². The smallest absolute Gasteiger partial charge is 0.160 e. The Bertz CT molecular complexity index is 3640. The highest BCUT2D eigenvalue weighted by Gasteiger charge is 2.19. The fraction of sp³-hybridized carbons (Fsp3) is 0. The van der Waals surface area contributed by atoms with Crippen LogP contribution in [0.4, 0.5) is 0 Å². The Kier molecular flexibility index (Phi) is 11.1. The molecular weight excluding hydrogens is 853 g/mol. The molecule has 0 amide bonds. The zero-order valence-electron chi connectivity index (χ0n) is 37.9. The van der Waals surface area contributed by atoms with Crippen LogP contribution in [0.3, 0.4) is 0 Å². The topological polar surface area (TPSA) is 77.3 Å². The van der Waals surface area contributed by atoms with E-state index in [0.717, 1.165) is 106 Å². The van der Waals surface area contributed by atoms with Gasteiger partial charge in [0, 0.05) is 55.5 Å². The average molecular weight is 895 g/mol. The summed E-state index contributed by atoms with van der Waals surface area (Å²) in [6.07, 6.45) is 0. The predicted octanol–water partition coefficient (Wildman–Crippen LogP) is 15.9. The van der Waals surface area contributed by atoms with Crippen molar-refractivity contribution in [1.82, 2.24) is 29.9 Å². The monoisotopic (exact) mass is 894 g/mol. The lowest BCUT2D eigenvalue weighted by atomic mass is 9.93. The summed E-state index contributed by atoms with van der Waals surface area (Å²) in [6, 6.07) is 87.4. The van der Waals surface area contributed by atoms with E-state index >= 15 is 0 Å². The van der Waals surface area contributed by atoms with Crippen LogP contribution in [0.2, 0.25) is 0 Å². The number of hydrogen-bond acceptors (Lipinski definition) is 6. The SMILES string of the molecule is c1ccc(-c2cc(-c3ccccc3)c3nc(-c4ccc(-c5nc(-c6ccccc6)cc(-c6ccccc6)n5)cc4)nc(-c4ccc(-c5nc(-c6ccccc6)cc(-c6ccccc6)n5)cc4)c3c2)cc1. The minimum atomic E-state index is 0.609. The molecule has 0 fully saturated rings. The molecule has 0 unspecified atom stereocenters. The first kappa shape index (κ1) is 41.9. The van der Waals surface area contributed by atoms with Gasteiger partial charge in [-0.05, 0) is 41.0 Å². The number of aromatic nitrogens is 6. The Morgan fingerprint density at radius 2 is 0.514 bits per heavy atom. The van der Waals surface area contributed by atoms with E-state index in [1.54, 1.807) is 0 Å². The first-order valence-electron chi connectivity index (χ1n) is 23.3. The summed E-state index contributed by atoms with van der Waals surface area (Å²) in [5.41, 5.74) is 17.1. The molecule has 0 atom stereocenters. The van der Waals surface area contributed by atoms with Crippen molar-refractivity contribution < 1.29 is 0 Å². The maximum absolute atomic E-state index is 5.46. The standard InChI is InChI=1S/C64H42N6/c1-7-19-43(20-8-1)53-39-54(44-21-9-2-10-22-44)61-55(40-53)60(49-31-33-50(34-32-49)62-65-56(45-23-11-3-12-24-45)41-57(66-62)46-25-13-4-14-26-46)69-64(70-61)52-37-35-51(36-38-52)63-67-58(47-27-15-5-16-28-47)42-59(68-63)48-29-17-6-18-30-48/h1-42H. The number of fused-ring (bicyclic) bond motifs is 1. The molecule has 0 N–H and O–H groups in total. The van der Waals surface area contributed by atoms with Crippen molar-refractivity contribution in [3.05, 3.63) is 255 Å². The Hall–Kier alpha value is -9.52. The van der Waals surface area contributed by atoms with Crippen LogP contribution in [0.25, 0.3) is 124 Å². The molecule has 0 aliphatic rings. The number of rotatable bonds is 10. The van der Waals surface area contributed by atoms with Crippen LogP contribution < -0.4 is 0 Å². The summed E-state index contributed by atoms with van der Waals surface area (Å²) in [5, 5.41) is 0.946. The van der Waals surface area contributed by atoms with Crippen LogP contribution >= 0.6 is 0 Å². The van der Waals surface area contributed by atoms with Crippen molar-refractivity contribution in [3.63, 3.8) is 0 Å². The Morgan fingerprint density at radius 1 is 0.200 bits per heavy atom. The van der Waals surface area contributed by atoms with E-state index in [0.29, 0.717) is 17.5 Å². The molecule has 6 nitrogen and oxygen atoms in total. The first-order valence-corrected chi connectivity index (χ1v) is 23.3. The lowest BCUT2D eigenvalue weighted by molar-refractivity contribution is 1.18. The van der Waals surface area contributed by atoms with Gasteiger partial charge in [-0.2, -0.15) is 0 Å². The molecule has 12 aromatic rings. The van der Waals surface area contributed by atoms with E-state index < -0.39 is 0 Å². The maximum Gasteiger partial charge on any atom is 0.160 e. The molecule has 12 rings (SSSR count). The van der Waals surface area contributed by atoms with E-state index in [2.05, 4.69) is 170 Å². The van der Waals surface area contributed by atoms with Gasteiger partial charge in [0.15, 0.2) is 17.5 Å². The lowest BCUT2D eigenvalue weighted by Crippen LogP contribution is -1.99. The van der Waals surface area contributed by atoms with Crippen molar-refractivity contribution >= 4 is 10.9 Å². The van der Waals surface area contributed by atoms with Gasteiger partial charge in [0.05, 0.1) is 34.0 Å². The van der Waals surface area contributed by atoms with Gasteiger partial charge in [-0.1, -0.05) is 231 Å². The molecule has 0 spiro atoms. The molecule has 3 heterocycles. The van der Waals surface area contributed by atoms with E-state index in [1.165, 1.54) is 0 Å². The van der Waals surface area contributed by atoms with E-state index in [1.807, 2.05) is 84.9 Å². The summed E-state index contributed by atoms with van der Waals surface area (Å²) < 4.78 is 0. The van der Waals surface area contributed by atoms with Crippen LogP contribution in [0.15, 0.2) is 255 Å². The third-order valence-electron chi connectivity index (χ3n) is 12.5. The fourth-order valence-corrected chi connectivity index (χ4v) is 8.94. The summed E-state index contributed by atoms with van der Waals surface area (Å²) in [7, 11) is 0. The molecule has 0 saturated heterocycles. The number of hydrogen-bond donors (Lipinski definition) is 0. The quantitative estimate of drug-likeness (QED) is 0.136. The minimum Gasteiger partial charge on any atom is -0.228 e. The third kappa shape index (κ3) is 8.53. The minimum absolute atomic E-state index is 0.609. The molecule has 9 aromatic carbocycles. The van der Waals surface area contributed by atoms with Crippen LogP contribution in [-0.2, 0) is 0 Å². The highest BCUT2D eigenvalue weighted by atomic mass is 14.9. The molecule has 70 heavy (non-hydrogen) atoms. The predicted molar refractivity (Wildman–Crippen MR) is 285 cm³/mol. The van der Waals surface area contributed by atoms with Gasteiger partial charge in [-0.3, -0.25) is 0 Å². The van der Waals surface area contributed by atoms with Crippen LogP contribution in [0, 0.1) is 0 Å². The van der Waals surface area contributed by atoms with Gasteiger partial charge in [0.2, 0.25) is 0 Å². The number of nitrogens with zero attached hydrogens (tertiary/aromatic N) is 6. The largest absolute Gasteiger partial charge is 0.228 e. The first-order chi connectivity index (χ1) is 34.7. The van der Waals surface area contributed by atoms with Gasteiger partial charge in [-0.15, -0.1) is 0 Å². The van der Waals surface area contributed by atoms with Crippen molar-refractivity contribution in [3.8, 4) is 113 Å².